The van der Waals surface area contributed by atoms with Crippen molar-refractivity contribution in [2.75, 3.05) is 20.1 Å². The Morgan fingerprint density at radius 2 is 2.12 bits per heavy atom. The van der Waals surface area contributed by atoms with Crippen LogP contribution in [0, 0.1) is 15.9 Å². The predicted octanol–water partition coefficient (Wildman–Crippen LogP) is 2.71. The highest BCUT2D eigenvalue weighted by Crippen LogP contribution is 2.28. The number of rotatable bonds is 5. The summed E-state index contributed by atoms with van der Waals surface area (Å²) in [5.41, 5.74) is -1.00. The van der Waals surface area contributed by atoms with Crippen LogP contribution in [0.3, 0.4) is 0 Å². The molecule has 1 N–H and O–H groups in total. The van der Waals surface area contributed by atoms with E-state index < -0.39 is 28.5 Å². The van der Waals surface area contributed by atoms with Gasteiger partial charge in [0.2, 0.25) is 0 Å². The van der Waals surface area contributed by atoms with Crippen LogP contribution < -0.4 is 10.1 Å². The van der Waals surface area contributed by atoms with E-state index in [1.165, 1.54) is 6.07 Å². The van der Waals surface area contributed by atoms with Gasteiger partial charge in [-0.2, -0.15) is 0 Å². The van der Waals surface area contributed by atoms with Crippen molar-refractivity contribution in [3.8, 4) is 5.75 Å². The molecule has 0 saturated carbocycles. The first kappa shape index (κ1) is 19.9. The van der Waals surface area contributed by atoms with E-state index in [1.54, 1.807) is 32.7 Å². The first-order valence-corrected chi connectivity index (χ1v) is 8.36. The van der Waals surface area contributed by atoms with Crippen LogP contribution in [0.5, 0.6) is 5.75 Å². The number of hydrogen-bond donors (Lipinski definition) is 1. The first-order chi connectivity index (χ1) is 12.1. The Hall–Kier alpha value is -2.42. The minimum atomic E-state index is -0.749. The molecule has 8 nitrogen and oxygen atoms in total. The fraction of sp³-hybridized carbons (Fsp3) is 0.588. The van der Waals surface area contributed by atoms with Gasteiger partial charge in [-0.15, -0.1) is 0 Å². The number of nitrogens with zero attached hydrogens (tertiary/aromatic N) is 2. The minimum absolute atomic E-state index is 0.0637. The van der Waals surface area contributed by atoms with E-state index in [0.29, 0.717) is 19.5 Å². The number of likely N-dealkylation sites (N-methyl/N-ethyl adjacent to an activating group) is 1. The van der Waals surface area contributed by atoms with Crippen molar-refractivity contribution in [1.82, 2.24) is 10.2 Å². The molecule has 0 bridgehead atoms. The summed E-state index contributed by atoms with van der Waals surface area (Å²) < 4.78 is 24.8. The molecule has 1 heterocycles. The highest BCUT2D eigenvalue weighted by Gasteiger charge is 2.40. The molecular formula is C17H24FN3O5. The molecule has 2 atom stereocenters. The van der Waals surface area contributed by atoms with E-state index in [1.807, 2.05) is 0 Å². The van der Waals surface area contributed by atoms with Gasteiger partial charge in [-0.1, -0.05) is 0 Å². The van der Waals surface area contributed by atoms with Gasteiger partial charge in [-0.25, -0.2) is 9.18 Å². The van der Waals surface area contributed by atoms with E-state index >= 15 is 0 Å². The second kappa shape index (κ2) is 7.86. The van der Waals surface area contributed by atoms with Crippen LogP contribution in [0.1, 0.15) is 27.2 Å². The second-order valence-electron chi connectivity index (χ2n) is 7.15. The third kappa shape index (κ3) is 5.04. The van der Waals surface area contributed by atoms with Crippen LogP contribution in [-0.2, 0) is 4.74 Å². The summed E-state index contributed by atoms with van der Waals surface area (Å²) in [6, 6.07) is 2.77. The molecular weight excluding hydrogens is 345 g/mol. The van der Waals surface area contributed by atoms with Crippen LogP contribution >= 0.6 is 0 Å². The van der Waals surface area contributed by atoms with E-state index in [4.69, 9.17) is 9.47 Å². The number of nitrogens with one attached hydrogen (secondary N) is 1. The molecule has 1 aromatic carbocycles. The topological polar surface area (TPSA) is 93.9 Å². The molecule has 9 heteroatoms. The predicted molar refractivity (Wildman–Crippen MR) is 92.7 cm³/mol. The van der Waals surface area contributed by atoms with E-state index in [0.717, 1.165) is 12.1 Å². The van der Waals surface area contributed by atoms with Gasteiger partial charge in [0.15, 0.2) is 0 Å². The number of amides is 1. The number of ether oxygens (including phenoxy) is 2. The lowest BCUT2D eigenvalue weighted by atomic mass is 10.1. The fourth-order valence-electron chi connectivity index (χ4n) is 2.86. The van der Waals surface area contributed by atoms with Gasteiger partial charge in [-0.05, 0) is 27.8 Å². The van der Waals surface area contributed by atoms with E-state index in [9.17, 15) is 19.3 Å². The van der Waals surface area contributed by atoms with E-state index in [-0.39, 0.29) is 17.5 Å². The minimum Gasteiger partial charge on any atom is -0.488 e. The molecule has 26 heavy (non-hydrogen) atoms. The van der Waals surface area contributed by atoms with Crippen LogP contribution in [0.2, 0.25) is 0 Å². The standard InChI is InChI=1S/C17H24FN3O5/c1-17(2,3)26-16(22)20-6-5-15(14(20)10-19-4)25-13-8-11(18)7-12(9-13)21(23)24/h7-9,14-15,19H,5-6,10H2,1-4H3/t14-,15-/m0/s1. The molecule has 1 saturated heterocycles. The number of non-ortho nitro benzene ring substituents is 1. The summed E-state index contributed by atoms with van der Waals surface area (Å²) in [5.74, 6) is -0.685. The maximum Gasteiger partial charge on any atom is 0.410 e. The number of benzene rings is 1. The molecule has 0 unspecified atom stereocenters. The van der Waals surface area contributed by atoms with Crippen LogP contribution in [-0.4, -0.2) is 53.8 Å². The number of carbonyl (C=O) groups excluding carboxylic acids is 1. The Bertz CT molecular complexity index is 677. The SMILES string of the molecule is CNC[C@H]1[C@@H](Oc2cc(F)cc([N+](=O)[O-])c2)CCN1C(=O)OC(C)(C)C. The van der Waals surface area contributed by atoms with Crippen molar-refractivity contribution >= 4 is 11.8 Å². The highest BCUT2D eigenvalue weighted by molar-refractivity contribution is 5.69. The van der Waals surface area contributed by atoms with Crippen molar-refractivity contribution < 1.29 is 23.6 Å². The second-order valence-corrected chi connectivity index (χ2v) is 7.15. The van der Waals surface area contributed by atoms with Crippen molar-refractivity contribution in [2.24, 2.45) is 0 Å². The molecule has 1 fully saturated rings. The molecule has 1 amide bonds. The Morgan fingerprint density at radius 3 is 2.69 bits per heavy atom. The Balaban J connectivity index is 2.16. The first-order valence-electron chi connectivity index (χ1n) is 8.36. The third-order valence-electron chi connectivity index (χ3n) is 3.88. The maximum absolute atomic E-state index is 13.6. The molecule has 0 aliphatic carbocycles. The summed E-state index contributed by atoms with van der Waals surface area (Å²) in [7, 11) is 1.75. The molecule has 144 valence electrons. The van der Waals surface area contributed by atoms with Gasteiger partial charge in [0, 0.05) is 25.6 Å². The Kier molecular flexibility index (Phi) is 6.01. The maximum atomic E-state index is 13.6. The van der Waals surface area contributed by atoms with Gasteiger partial charge >= 0.3 is 6.09 Å². The molecule has 0 radical (unpaired) electrons. The third-order valence-corrected chi connectivity index (χ3v) is 3.88. The summed E-state index contributed by atoms with van der Waals surface area (Å²) in [5, 5.41) is 13.9. The fourth-order valence-corrected chi connectivity index (χ4v) is 2.86. The molecule has 1 aliphatic rings. The lowest BCUT2D eigenvalue weighted by Gasteiger charge is -2.30. The van der Waals surface area contributed by atoms with Crippen LogP contribution in [0.4, 0.5) is 14.9 Å². The van der Waals surface area contributed by atoms with Gasteiger partial charge in [-0.3, -0.25) is 10.1 Å². The number of likely N-dealkylation sites (tertiary alicyclic amines) is 1. The van der Waals surface area contributed by atoms with Crippen molar-refractivity contribution in [3.63, 3.8) is 0 Å². The van der Waals surface area contributed by atoms with Crippen LogP contribution in [0.15, 0.2) is 18.2 Å². The average molecular weight is 369 g/mol. The molecule has 2 rings (SSSR count). The largest absolute Gasteiger partial charge is 0.488 e. The summed E-state index contributed by atoms with van der Waals surface area (Å²) in [4.78, 5) is 24.2. The zero-order valence-electron chi connectivity index (χ0n) is 15.3. The monoisotopic (exact) mass is 369 g/mol. The summed E-state index contributed by atoms with van der Waals surface area (Å²) >= 11 is 0. The van der Waals surface area contributed by atoms with Gasteiger partial charge in [0.1, 0.15) is 23.3 Å². The quantitative estimate of drug-likeness (QED) is 0.633. The normalized spacial score (nSPS) is 20.1. The highest BCUT2D eigenvalue weighted by atomic mass is 19.1. The van der Waals surface area contributed by atoms with Crippen molar-refractivity contribution in [1.29, 1.82) is 0 Å². The number of hydrogen-bond acceptors (Lipinski definition) is 6. The number of nitro benzene ring substituents is 1. The lowest BCUT2D eigenvalue weighted by Crippen LogP contribution is -2.48. The average Bonchev–Trinajstić information content (AvgIpc) is 2.88. The molecule has 1 aromatic rings. The van der Waals surface area contributed by atoms with Gasteiger partial charge in [0.05, 0.1) is 23.1 Å². The molecule has 1 aliphatic heterocycles. The number of carbonyl (C=O) groups is 1. The zero-order chi connectivity index (χ0) is 19.5. The summed E-state index contributed by atoms with van der Waals surface area (Å²) in [6.45, 7) is 6.22. The summed E-state index contributed by atoms with van der Waals surface area (Å²) in [6.07, 6.45) is -0.374. The zero-order valence-corrected chi connectivity index (χ0v) is 15.3. The van der Waals surface area contributed by atoms with Crippen molar-refractivity contribution in [2.45, 2.75) is 44.9 Å². The molecule has 0 aromatic heterocycles. The van der Waals surface area contributed by atoms with Crippen molar-refractivity contribution in [3.05, 3.63) is 34.1 Å². The Morgan fingerprint density at radius 1 is 1.42 bits per heavy atom. The van der Waals surface area contributed by atoms with Gasteiger partial charge < -0.3 is 19.7 Å². The smallest absolute Gasteiger partial charge is 0.410 e. The number of nitro groups is 1. The van der Waals surface area contributed by atoms with Gasteiger partial charge in [0.25, 0.3) is 5.69 Å². The lowest BCUT2D eigenvalue weighted by molar-refractivity contribution is -0.385. The molecule has 0 spiro atoms. The van der Waals surface area contributed by atoms with Crippen LogP contribution in [0.25, 0.3) is 0 Å². The Labute approximate surface area is 151 Å². The van der Waals surface area contributed by atoms with E-state index in [2.05, 4.69) is 5.32 Å². The number of halogens is 1.